The van der Waals surface area contributed by atoms with E-state index in [9.17, 15) is 27.6 Å². The zero-order valence-corrected chi connectivity index (χ0v) is 27.4. The summed E-state index contributed by atoms with van der Waals surface area (Å²) < 4.78 is 40.0. The number of amides is 2. The number of carbonyl (C=O) groups is 2. The Morgan fingerprint density at radius 3 is 2.15 bits per heavy atom. The van der Waals surface area contributed by atoms with E-state index < -0.39 is 28.7 Å². The number of nitrogens with zero attached hydrogens (tertiary/aromatic N) is 1. The molecule has 1 aliphatic rings. The maximum absolute atomic E-state index is 13.3. The van der Waals surface area contributed by atoms with Gasteiger partial charge in [0.05, 0.1) is 5.56 Å². The van der Waals surface area contributed by atoms with Gasteiger partial charge in [0.25, 0.3) is 11.8 Å². The molecule has 1 fully saturated rings. The molecule has 4 aromatic rings. The smallest absolute Gasteiger partial charge is 0.351 e. The van der Waals surface area contributed by atoms with Gasteiger partial charge >= 0.3 is 6.18 Å². The highest BCUT2D eigenvalue weighted by atomic mass is 19.4. The molecular weight excluding hydrogens is 617 g/mol. The molecule has 254 valence electrons. The van der Waals surface area contributed by atoms with Crippen LogP contribution in [0.5, 0.6) is 0 Å². The van der Waals surface area contributed by atoms with Crippen molar-refractivity contribution in [3.63, 3.8) is 0 Å². The minimum atomic E-state index is -4.41. The third-order valence-corrected chi connectivity index (χ3v) is 8.44. The van der Waals surface area contributed by atoms with E-state index in [-0.39, 0.29) is 23.7 Å². The van der Waals surface area contributed by atoms with Crippen LogP contribution in [-0.4, -0.2) is 41.8 Å². The first-order valence-corrected chi connectivity index (χ1v) is 16.2. The molecule has 3 aromatic carbocycles. The van der Waals surface area contributed by atoms with Crippen molar-refractivity contribution in [3.8, 4) is 0 Å². The average molecular weight is 661 g/mol. The summed E-state index contributed by atoms with van der Waals surface area (Å²) >= 11 is 0. The van der Waals surface area contributed by atoms with Crippen molar-refractivity contribution >= 4 is 11.8 Å². The lowest BCUT2D eigenvalue weighted by atomic mass is 9.76. The lowest BCUT2D eigenvalue weighted by molar-refractivity contribution is -0.137. The van der Waals surface area contributed by atoms with Gasteiger partial charge in [-0.2, -0.15) is 13.2 Å². The van der Waals surface area contributed by atoms with Crippen LogP contribution >= 0.6 is 0 Å². The maximum Gasteiger partial charge on any atom is 0.416 e. The molecular formula is C38H43F3N4O3. The summed E-state index contributed by atoms with van der Waals surface area (Å²) in [5.41, 5.74) is 1.22. The number of aryl methyl sites for hydroxylation is 1. The van der Waals surface area contributed by atoms with Crippen LogP contribution in [0.2, 0.25) is 0 Å². The molecule has 0 aliphatic heterocycles. The number of aromatic amines is 1. The molecule has 5 rings (SSSR count). The average Bonchev–Trinajstić information content (AvgIpc) is 3.08. The van der Waals surface area contributed by atoms with Gasteiger partial charge < -0.3 is 20.5 Å². The van der Waals surface area contributed by atoms with Crippen molar-refractivity contribution in [2.24, 2.45) is 0 Å². The van der Waals surface area contributed by atoms with E-state index in [1.807, 2.05) is 48.5 Å². The predicted molar refractivity (Wildman–Crippen MR) is 182 cm³/mol. The third-order valence-electron chi connectivity index (χ3n) is 8.44. The highest BCUT2D eigenvalue weighted by molar-refractivity contribution is 5.98. The van der Waals surface area contributed by atoms with Crippen molar-refractivity contribution in [3.05, 3.63) is 141 Å². The van der Waals surface area contributed by atoms with E-state index in [0.717, 1.165) is 43.7 Å². The van der Waals surface area contributed by atoms with Crippen LogP contribution in [0.1, 0.15) is 81.6 Å². The monoisotopic (exact) mass is 660 g/mol. The number of aromatic nitrogens is 1. The van der Waals surface area contributed by atoms with Crippen LogP contribution in [0.25, 0.3) is 0 Å². The number of carbonyl (C=O) groups excluding carboxylic acids is 2. The van der Waals surface area contributed by atoms with Gasteiger partial charge in [-0.25, -0.2) is 0 Å². The Morgan fingerprint density at radius 1 is 0.854 bits per heavy atom. The fourth-order valence-electron chi connectivity index (χ4n) is 5.90. The van der Waals surface area contributed by atoms with E-state index in [1.54, 1.807) is 13.1 Å². The van der Waals surface area contributed by atoms with Gasteiger partial charge in [-0.15, -0.1) is 0 Å². The molecule has 1 aromatic heterocycles. The molecule has 0 spiro atoms. The number of alkyl halides is 3. The van der Waals surface area contributed by atoms with Gasteiger partial charge in [-0.05, 0) is 62.1 Å². The summed E-state index contributed by atoms with van der Waals surface area (Å²) in [5, 5.41) is 6.24. The number of benzene rings is 3. The Kier molecular flexibility index (Phi) is 12.7. The zero-order chi connectivity index (χ0) is 34.6. The van der Waals surface area contributed by atoms with Gasteiger partial charge in [0.2, 0.25) is 5.56 Å². The second-order valence-corrected chi connectivity index (χ2v) is 12.2. The van der Waals surface area contributed by atoms with Crippen molar-refractivity contribution < 1.29 is 22.8 Å². The van der Waals surface area contributed by atoms with E-state index >= 15 is 0 Å². The predicted octanol–water partition coefficient (Wildman–Crippen LogP) is 7.23. The van der Waals surface area contributed by atoms with Gasteiger partial charge in [-0.1, -0.05) is 97.6 Å². The summed E-state index contributed by atoms with van der Waals surface area (Å²) in [7, 11) is 1.63. The Balaban J connectivity index is 0.000000659. The molecule has 3 N–H and O–H groups in total. The van der Waals surface area contributed by atoms with Gasteiger partial charge in [-0.3, -0.25) is 14.4 Å². The van der Waals surface area contributed by atoms with E-state index in [4.69, 9.17) is 0 Å². The molecule has 1 saturated carbocycles. The van der Waals surface area contributed by atoms with Crippen LogP contribution < -0.4 is 16.2 Å². The first-order chi connectivity index (χ1) is 23.0. The van der Waals surface area contributed by atoms with E-state index in [1.165, 1.54) is 34.7 Å². The number of H-pyrrole nitrogens is 1. The number of hydrogen-bond acceptors (Lipinski definition) is 4. The van der Waals surface area contributed by atoms with Crippen LogP contribution in [-0.2, 0) is 18.3 Å². The summed E-state index contributed by atoms with van der Waals surface area (Å²) in [5.74, 6) is -0.904. The molecule has 7 nitrogen and oxygen atoms in total. The van der Waals surface area contributed by atoms with Crippen LogP contribution in [0.15, 0.2) is 102 Å². The number of pyridine rings is 1. The third kappa shape index (κ3) is 10.4. The maximum atomic E-state index is 13.3. The van der Waals surface area contributed by atoms with Crippen LogP contribution in [0, 0.1) is 6.92 Å². The number of hydrogen-bond donors (Lipinski definition) is 3. The molecule has 48 heavy (non-hydrogen) atoms. The Morgan fingerprint density at radius 2 is 1.52 bits per heavy atom. The highest BCUT2D eigenvalue weighted by Crippen LogP contribution is 2.39. The normalized spacial score (nSPS) is 13.9. The lowest BCUT2D eigenvalue weighted by Crippen LogP contribution is -2.45. The van der Waals surface area contributed by atoms with Gasteiger partial charge in [0, 0.05) is 37.3 Å². The van der Waals surface area contributed by atoms with Crippen LogP contribution in [0.4, 0.5) is 13.2 Å². The standard InChI is InChI=1S/C31H35F3N4O3.C7H8/c1-38(21-22-10-4-2-5-11-22)29(41)23-18-26(37-27(39)19-23)28(40)35-16-9-17-36-30(14-6-3-7-15-30)24-12-8-13-25(20-24)31(32,33)34;1-7-5-3-2-4-6-7/h2,4-5,8,10-13,18-20,36H,3,6-7,9,14-17,21H2,1H3,(H,35,40)(H,37,39);2-6H,1H3. The number of halogens is 3. The Labute approximate surface area is 279 Å². The summed E-state index contributed by atoms with van der Waals surface area (Å²) in [6, 6.07) is 27.7. The minimum Gasteiger partial charge on any atom is -0.351 e. The summed E-state index contributed by atoms with van der Waals surface area (Å²) in [6.45, 7) is 3.19. The lowest BCUT2D eigenvalue weighted by Gasteiger charge is -2.39. The molecule has 0 unspecified atom stereocenters. The number of nitrogens with one attached hydrogen (secondary N) is 3. The van der Waals surface area contributed by atoms with Crippen molar-refractivity contribution in [2.75, 3.05) is 20.1 Å². The second-order valence-electron chi connectivity index (χ2n) is 12.2. The van der Waals surface area contributed by atoms with Gasteiger partial charge in [0.1, 0.15) is 5.69 Å². The quantitative estimate of drug-likeness (QED) is 0.157. The summed E-state index contributed by atoms with van der Waals surface area (Å²) in [6.07, 6.45) is 0.473. The molecule has 1 heterocycles. The molecule has 1 aliphatic carbocycles. The first-order valence-electron chi connectivity index (χ1n) is 16.2. The molecule has 0 atom stereocenters. The van der Waals surface area contributed by atoms with Crippen molar-refractivity contribution in [1.29, 1.82) is 0 Å². The topological polar surface area (TPSA) is 94.3 Å². The second kappa shape index (κ2) is 16.9. The fraction of sp³-hybridized carbons (Fsp3) is 0.342. The SMILES string of the molecule is CN(Cc1ccccc1)C(=O)c1cc(C(=O)NCCCNC2(c3cccc(C(F)(F)F)c3)CCCCC2)[nH]c(=O)c1.Cc1ccccc1. The molecule has 0 radical (unpaired) electrons. The van der Waals surface area contributed by atoms with E-state index in [0.29, 0.717) is 25.1 Å². The minimum absolute atomic E-state index is 0.0189. The highest BCUT2D eigenvalue weighted by Gasteiger charge is 2.36. The Hall–Kier alpha value is -4.70. The first kappa shape index (κ1) is 36.1. The van der Waals surface area contributed by atoms with Crippen molar-refractivity contribution in [1.82, 2.24) is 20.5 Å². The number of rotatable bonds is 10. The molecule has 0 bridgehead atoms. The largest absolute Gasteiger partial charge is 0.416 e. The van der Waals surface area contributed by atoms with Gasteiger partial charge in [0.15, 0.2) is 0 Å². The fourth-order valence-corrected chi connectivity index (χ4v) is 5.90. The molecule has 10 heteroatoms. The zero-order valence-electron chi connectivity index (χ0n) is 27.4. The van der Waals surface area contributed by atoms with Crippen molar-refractivity contribution in [2.45, 2.75) is 63.7 Å². The Bertz CT molecular complexity index is 1680. The summed E-state index contributed by atoms with van der Waals surface area (Å²) in [4.78, 5) is 41.9. The van der Waals surface area contributed by atoms with Crippen LogP contribution in [0.3, 0.4) is 0 Å². The molecule has 0 saturated heterocycles. The van der Waals surface area contributed by atoms with E-state index in [2.05, 4.69) is 34.7 Å². The molecule has 2 amide bonds.